The predicted molar refractivity (Wildman–Crippen MR) is 111 cm³/mol. The molecule has 0 saturated heterocycles. The highest BCUT2D eigenvalue weighted by Gasteiger charge is 2.39. The summed E-state index contributed by atoms with van der Waals surface area (Å²) in [6.45, 7) is 3.57. The molecule has 7 heteroatoms. The number of carbonyl (C=O) groups is 2. The molecule has 0 spiro atoms. The lowest BCUT2D eigenvalue weighted by Crippen LogP contribution is -2.25. The van der Waals surface area contributed by atoms with Gasteiger partial charge in [-0.3, -0.25) is 14.4 Å². The van der Waals surface area contributed by atoms with Crippen LogP contribution in [0.5, 0.6) is 17.2 Å². The molecule has 3 aromatic rings. The van der Waals surface area contributed by atoms with Crippen molar-refractivity contribution in [2.75, 3.05) is 7.11 Å². The first kappa shape index (κ1) is 19.1. The Bertz CT molecular complexity index is 1370. The van der Waals surface area contributed by atoms with Crippen LogP contribution in [-0.4, -0.2) is 18.9 Å². The number of rotatable bonds is 2. The highest BCUT2D eigenvalue weighted by Crippen LogP contribution is 2.48. The van der Waals surface area contributed by atoms with Crippen molar-refractivity contribution in [3.05, 3.63) is 74.8 Å². The first-order valence-corrected chi connectivity index (χ1v) is 9.76. The molecule has 0 N–H and O–H groups in total. The predicted octanol–water partition coefficient (Wildman–Crippen LogP) is 4.11. The lowest BCUT2D eigenvalue weighted by molar-refractivity contribution is -0.135. The van der Waals surface area contributed by atoms with Crippen molar-refractivity contribution in [2.24, 2.45) is 0 Å². The van der Waals surface area contributed by atoms with Crippen molar-refractivity contribution in [3.63, 3.8) is 0 Å². The summed E-state index contributed by atoms with van der Waals surface area (Å²) in [6, 6.07) is 8.10. The maximum atomic E-state index is 13.4. The van der Waals surface area contributed by atoms with E-state index in [1.165, 1.54) is 13.4 Å². The SMILES string of the molecule is COc1ccc2occ(C3CC(=O)Oc4ccc5c(c43)OC(=C(C)C)C5=O)c(=O)c2c1. The van der Waals surface area contributed by atoms with Crippen LogP contribution in [0.4, 0.5) is 0 Å². The quantitative estimate of drug-likeness (QED) is 0.351. The summed E-state index contributed by atoms with van der Waals surface area (Å²) >= 11 is 0. The second-order valence-corrected chi connectivity index (χ2v) is 7.73. The zero-order valence-electron chi connectivity index (χ0n) is 17.1. The molecule has 1 aromatic heterocycles. The first-order chi connectivity index (χ1) is 14.9. The number of benzene rings is 2. The number of hydrogen-bond acceptors (Lipinski definition) is 7. The largest absolute Gasteiger partial charge is 0.497 e. The van der Waals surface area contributed by atoms with E-state index in [2.05, 4.69) is 0 Å². The van der Waals surface area contributed by atoms with Crippen molar-refractivity contribution in [1.29, 1.82) is 0 Å². The van der Waals surface area contributed by atoms with E-state index in [9.17, 15) is 14.4 Å². The number of ketones is 1. The topological polar surface area (TPSA) is 92.0 Å². The third kappa shape index (κ3) is 2.84. The van der Waals surface area contributed by atoms with E-state index in [4.69, 9.17) is 18.6 Å². The van der Waals surface area contributed by atoms with Crippen LogP contribution in [0.15, 0.2) is 57.1 Å². The van der Waals surface area contributed by atoms with E-state index in [1.807, 2.05) is 0 Å². The molecular weight excluding hydrogens is 400 g/mol. The molecule has 0 saturated carbocycles. The smallest absolute Gasteiger partial charge is 0.312 e. The van der Waals surface area contributed by atoms with E-state index in [-0.39, 0.29) is 34.7 Å². The molecule has 2 aliphatic heterocycles. The number of hydrogen-bond donors (Lipinski definition) is 0. The maximum Gasteiger partial charge on any atom is 0.312 e. The van der Waals surface area contributed by atoms with Crippen LogP contribution < -0.4 is 19.6 Å². The van der Waals surface area contributed by atoms with Gasteiger partial charge in [0, 0.05) is 17.0 Å². The Hall–Kier alpha value is -3.87. The molecule has 31 heavy (non-hydrogen) atoms. The summed E-state index contributed by atoms with van der Waals surface area (Å²) in [5.74, 6) is -0.0347. The van der Waals surface area contributed by atoms with Gasteiger partial charge in [0.15, 0.2) is 11.2 Å². The van der Waals surface area contributed by atoms with E-state index in [1.54, 1.807) is 44.2 Å². The summed E-state index contributed by atoms with van der Waals surface area (Å²) in [5, 5.41) is 0.340. The molecule has 5 rings (SSSR count). The Morgan fingerprint density at radius 3 is 2.61 bits per heavy atom. The van der Waals surface area contributed by atoms with Gasteiger partial charge in [-0.15, -0.1) is 0 Å². The molecular formula is C24H18O7. The fourth-order valence-electron chi connectivity index (χ4n) is 4.08. The molecule has 3 heterocycles. The summed E-state index contributed by atoms with van der Waals surface area (Å²) in [5.41, 5.74) is 2.02. The second kappa shape index (κ2) is 6.84. The average Bonchev–Trinajstić information content (AvgIpc) is 3.10. The van der Waals surface area contributed by atoms with Gasteiger partial charge in [0.25, 0.3) is 0 Å². The number of esters is 1. The van der Waals surface area contributed by atoms with Gasteiger partial charge in [-0.1, -0.05) is 0 Å². The number of carbonyl (C=O) groups excluding carboxylic acids is 2. The first-order valence-electron chi connectivity index (χ1n) is 9.76. The van der Waals surface area contributed by atoms with Gasteiger partial charge < -0.3 is 18.6 Å². The summed E-state index contributed by atoms with van der Waals surface area (Å²) in [7, 11) is 1.51. The molecule has 1 unspecified atom stereocenters. The van der Waals surface area contributed by atoms with Gasteiger partial charge >= 0.3 is 5.97 Å². The number of ether oxygens (including phenoxy) is 3. The standard InChI is InChI=1S/C24H18O7/c1-11(2)23-22(27)13-5-7-18-20(24(13)31-23)14(9-19(25)30-18)16-10-29-17-6-4-12(28-3)8-15(17)21(16)26/h4-8,10,14H,9H2,1-3H3. The van der Waals surface area contributed by atoms with Crippen LogP contribution in [0.1, 0.15) is 47.7 Å². The molecule has 0 amide bonds. The Morgan fingerprint density at radius 2 is 1.87 bits per heavy atom. The van der Waals surface area contributed by atoms with Gasteiger partial charge in [0.05, 0.1) is 30.7 Å². The molecule has 0 aliphatic carbocycles. The molecule has 1 atom stereocenters. The highest BCUT2D eigenvalue weighted by atomic mass is 16.5. The van der Waals surface area contributed by atoms with Crippen LogP contribution >= 0.6 is 0 Å². The van der Waals surface area contributed by atoms with Crippen molar-refractivity contribution in [3.8, 4) is 17.2 Å². The minimum Gasteiger partial charge on any atom is -0.497 e. The average molecular weight is 418 g/mol. The molecule has 156 valence electrons. The third-order valence-corrected chi connectivity index (χ3v) is 5.59. The highest BCUT2D eigenvalue weighted by molar-refractivity contribution is 6.13. The van der Waals surface area contributed by atoms with Gasteiger partial charge in [0.1, 0.15) is 22.8 Å². The molecule has 2 aliphatic rings. The summed E-state index contributed by atoms with van der Waals surface area (Å²) < 4.78 is 22.2. The van der Waals surface area contributed by atoms with Crippen molar-refractivity contribution in [2.45, 2.75) is 26.2 Å². The Kier molecular flexibility index (Phi) is 4.22. The Balaban J connectivity index is 1.75. The van der Waals surface area contributed by atoms with Gasteiger partial charge in [-0.2, -0.15) is 0 Å². The van der Waals surface area contributed by atoms with Gasteiger partial charge in [-0.25, -0.2) is 0 Å². The van der Waals surface area contributed by atoms with Crippen LogP contribution in [0.25, 0.3) is 11.0 Å². The fourth-order valence-corrected chi connectivity index (χ4v) is 4.08. The van der Waals surface area contributed by atoms with E-state index < -0.39 is 11.9 Å². The molecule has 0 bridgehead atoms. The number of allylic oxidation sites excluding steroid dienone is 2. The maximum absolute atomic E-state index is 13.4. The lowest BCUT2D eigenvalue weighted by Gasteiger charge is -2.25. The number of methoxy groups -OCH3 is 1. The van der Waals surface area contributed by atoms with Crippen molar-refractivity contribution in [1.82, 2.24) is 0 Å². The van der Waals surface area contributed by atoms with E-state index >= 15 is 0 Å². The molecule has 0 radical (unpaired) electrons. The lowest BCUT2D eigenvalue weighted by atomic mass is 9.85. The minimum atomic E-state index is -0.678. The van der Waals surface area contributed by atoms with Gasteiger partial charge in [0.2, 0.25) is 5.78 Å². The van der Waals surface area contributed by atoms with Crippen LogP contribution in [0, 0.1) is 0 Å². The molecule has 0 fully saturated rings. The monoisotopic (exact) mass is 418 g/mol. The van der Waals surface area contributed by atoms with Crippen molar-refractivity contribution < 1.29 is 28.2 Å². The minimum absolute atomic E-state index is 0.0780. The third-order valence-electron chi connectivity index (χ3n) is 5.59. The van der Waals surface area contributed by atoms with Crippen molar-refractivity contribution >= 4 is 22.7 Å². The molecule has 7 nitrogen and oxygen atoms in total. The molecule has 2 aromatic carbocycles. The van der Waals surface area contributed by atoms with E-state index in [0.29, 0.717) is 33.6 Å². The Labute approximate surface area is 176 Å². The van der Waals surface area contributed by atoms with E-state index in [0.717, 1.165) is 5.57 Å². The van der Waals surface area contributed by atoms with Crippen LogP contribution in [0.3, 0.4) is 0 Å². The zero-order valence-corrected chi connectivity index (χ0v) is 17.1. The number of fused-ring (bicyclic) bond motifs is 4. The normalized spacial score (nSPS) is 17.1. The number of Topliss-reactive ketones (excluding diaryl/α,β-unsaturated/α-hetero) is 1. The zero-order chi connectivity index (χ0) is 21.9. The van der Waals surface area contributed by atoms with Crippen LogP contribution in [0.2, 0.25) is 0 Å². The second-order valence-electron chi connectivity index (χ2n) is 7.73. The Morgan fingerprint density at radius 1 is 1.06 bits per heavy atom. The van der Waals surface area contributed by atoms with Crippen LogP contribution in [-0.2, 0) is 4.79 Å². The van der Waals surface area contributed by atoms with Gasteiger partial charge in [-0.05, 0) is 49.8 Å². The summed E-state index contributed by atoms with van der Waals surface area (Å²) in [4.78, 5) is 38.5. The summed E-state index contributed by atoms with van der Waals surface area (Å²) in [6.07, 6.45) is 1.29. The fraction of sp³-hybridized carbons (Fsp3) is 0.208.